The second kappa shape index (κ2) is 8.10. The molecule has 6 heteroatoms. The predicted molar refractivity (Wildman–Crippen MR) is 89.3 cm³/mol. The Morgan fingerprint density at radius 3 is 2.38 bits per heavy atom. The molecule has 0 unspecified atom stereocenters. The van der Waals surface area contributed by atoms with Crippen LogP contribution in [0.1, 0.15) is 12.5 Å². The molecule has 0 spiro atoms. The minimum absolute atomic E-state index is 0.0693. The summed E-state index contributed by atoms with van der Waals surface area (Å²) in [7, 11) is 1.55. The van der Waals surface area contributed by atoms with Gasteiger partial charge in [-0.15, -0.1) is 0 Å². The quantitative estimate of drug-likeness (QED) is 0.885. The van der Waals surface area contributed by atoms with Crippen LogP contribution in [-0.2, 0) is 16.1 Å². The topological polar surface area (TPSA) is 58.6 Å². The monoisotopic (exact) mass is 330 g/mol. The maximum absolute atomic E-state index is 13.5. The van der Waals surface area contributed by atoms with Crippen LogP contribution in [0.25, 0.3) is 0 Å². The van der Waals surface area contributed by atoms with Gasteiger partial charge in [0, 0.05) is 24.7 Å². The van der Waals surface area contributed by atoms with Crippen LogP contribution in [0.4, 0.5) is 10.1 Å². The molecule has 2 aromatic carbocycles. The zero-order valence-electron chi connectivity index (χ0n) is 13.6. The molecule has 2 rings (SSSR count). The molecule has 0 aromatic heterocycles. The van der Waals surface area contributed by atoms with Crippen LogP contribution < -0.4 is 15.0 Å². The van der Waals surface area contributed by atoms with Crippen LogP contribution >= 0.6 is 0 Å². The van der Waals surface area contributed by atoms with Crippen molar-refractivity contribution in [2.24, 2.45) is 0 Å². The van der Waals surface area contributed by atoms with E-state index < -0.39 is 0 Å². The van der Waals surface area contributed by atoms with Gasteiger partial charge >= 0.3 is 0 Å². The summed E-state index contributed by atoms with van der Waals surface area (Å²) in [5.74, 6) is -0.354. The highest BCUT2D eigenvalue weighted by Crippen LogP contribution is 2.19. The van der Waals surface area contributed by atoms with Crippen LogP contribution in [0.3, 0.4) is 0 Å². The number of hydrogen-bond donors (Lipinski definition) is 1. The summed E-state index contributed by atoms with van der Waals surface area (Å²) in [4.78, 5) is 25.2. The maximum Gasteiger partial charge on any atom is 0.240 e. The van der Waals surface area contributed by atoms with Crippen LogP contribution in [0.5, 0.6) is 5.75 Å². The lowest BCUT2D eigenvalue weighted by Gasteiger charge is -2.21. The molecule has 0 aliphatic heterocycles. The van der Waals surface area contributed by atoms with Crippen LogP contribution in [0.15, 0.2) is 48.5 Å². The van der Waals surface area contributed by atoms with Crippen molar-refractivity contribution in [3.05, 3.63) is 59.9 Å². The largest absolute Gasteiger partial charge is 0.497 e. The third kappa shape index (κ3) is 4.55. The standard InChI is InChI=1S/C18H19FN2O3/c1-13(22)21(15-7-9-16(24-2)10-8-15)12-18(23)20-11-14-5-3-4-6-17(14)19/h3-10H,11-12H2,1-2H3,(H,20,23). The molecule has 0 radical (unpaired) electrons. The minimum Gasteiger partial charge on any atom is -0.497 e. The van der Waals surface area contributed by atoms with Gasteiger partial charge in [0.2, 0.25) is 11.8 Å². The van der Waals surface area contributed by atoms with E-state index in [4.69, 9.17) is 4.74 Å². The Hall–Kier alpha value is -2.89. The fraction of sp³-hybridized carbons (Fsp3) is 0.222. The van der Waals surface area contributed by atoms with Crippen molar-refractivity contribution in [1.29, 1.82) is 0 Å². The second-order valence-electron chi connectivity index (χ2n) is 5.17. The van der Waals surface area contributed by atoms with Crippen molar-refractivity contribution < 1.29 is 18.7 Å². The molecule has 24 heavy (non-hydrogen) atoms. The van der Waals surface area contributed by atoms with Crippen LogP contribution in [-0.4, -0.2) is 25.5 Å². The van der Waals surface area contributed by atoms with Gasteiger partial charge in [0.25, 0.3) is 0 Å². The van der Waals surface area contributed by atoms with E-state index in [2.05, 4.69) is 5.32 Å². The SMILES string of the molecule is COc1ccc(N(CC(=O)NCc2ccccc2F)C(C)=O)cc1. The summed E-state index contributed by atoms with van der Waals surface area (Å²) in [6, 6.07) is 13.0. The Morgan fingerprint density at radius 1 is 1.12 bits per heavy atom. The molecule has 0 fully saturated rings. The Labute approximate surface area is 140 Å². The highest BCUT2D eigenvalue weighted by atomic mass is 19.1. The Balaban J connectivity index is 2.00. The average molecular weight is 330 g/mol. The van der Waals surface area contributed by atoms with Gasteiger partial charge in [0.15, 0.2) is 0 Å². The number of nitrogens with one attached hydrogen (secondary N) is 1. The zero-order chi connectivity index (χ0) is 17.5. The molecule has 0 saturated carbocycles. The van der Waals surface area contributed by atoms with Crippen molar-refractivity contribution in [3.8, 4) is 5.75 Å². The van der Waals surface area contributed by atoms with E-state index >= 15 is 0 Å². The van der Waals surface area contributed by atoms with E-state index in [1.54, 1.807) is 49.6 Å². The number of anilines is 1. The lowest BCUT2D eigenvalue weighted by atomic mass is 10.2. The van der Waals surface area contributed by atoms with Gasteiger partial charge in [-0.2, -0.15) is 0 Å². The summed E-state index contributed by atoms with van der Waals surface area (Å²) < 4.78 is 18.6. The van der Waals surface area contributed by atoms with Gasteiger partial charge in [-0.1, -0.05) is 18.2 Å². The Morgan fingerprint density at radius 2 is 1.79 bits per heavy atom. The molecular weight excluding hydrogens is 311 g/mol. The summed E-state index contributed by atoms with van der Waals surface area (Å²) >= 11 is 0. The van der Waals surface area contributed by atoms with Gasteiger partial charge in [-0.05, 0) is 30.3 Å². The third-order valence-corrected chi connectivity index (χ3v) is 3.50. The maximum atomic E-state index is 13.5. The number of nitrogens with zero attached hydrogens (tertiary/aromatic N) is 1. The zero-order valence-corrected chi connectivity index (χ0v) is 13.6. The number of carbonyl (C=O) groups is 2. The first kappa shape index (κ1) is 17.5. The van der Waals surface area contributed by atoms with E-state index in [-0.39, 0.29) is 30.7 Å². The molecule has 2 amide bonds. The van der Waals surface area contributed by atoms with Gasteiger partial charge in [-0.3, -0.25) is 9.59 Å². The minimum atomic E-state index is -0.378. The third-order valence-electron chi connectivity index (χ3n) is 3.50. The van der Waals surface area contributed by atoms with E-state index in [1.165, 1.54) is 17.9 Å². The highest BCUT2D eigenvalue weighted by Gasteiger charge is 2.16. The van der Waals surface area contributed by atoms with Crippen molar-refractivity contribution in [3.63, 3.8) is 0 Å². The molecule has 0 atom stereocenters. The van der Waals surface area contributed by atoms with Crippen molar-refractivity contribution in [2.75, 3.05) is 18.6 Å². The lowest BCUT2D eigenvalue weighted by molar-refractivity contribution is -0.123. The molecule has 0 aliphatic rings. The molecule has 0 aliphatic carbocycles. The summed E-state index contributed by atoms with van der Waals surface area (Å²) in [6.07, 6.45) is 0. The average Bonchev–Trinajstić information content (AvgIpc) is 2.59. The van der Waals surface area contributed by atoms with Gasteiger partial charge in [0.05, 0.1) is 7.11 Å². The molecular formula is C18H19FN2O3. The van der Waals surface area contributed by atoms with Gasteiger partial charge < -0.3 is 15.0 Å². The van der Waals surface area contributed by atoms with E-state index in [1.807, 2.05) is 0 Å². The van der Waals surface area contributed by atoms with Crippen molar-refractivity contribution in [2.45, 2.75) is 13.5 Å². The smallest absolute Gasteiger partial charge is 0.240 e. The Kier molecular flexibility index (Phi) is 5.89. The molecule has 126 valence electrons. The molecule has 0 saturated heterocycles. The number of carbonyl (C=O) groups excluding carboxylic acids is 2. The molecule has 1 N–H and O–H groups in total. The molecule has 0 bridgehead atoms. The number of methoxy groups -OCH3 is 1. The first-order chi connectivity index (χ1) is 11.5. The number of ether oxygens (including phenoxy) is 1. The van der Waals surface area contributed by atoms with E-state index in [0.29, 0.717) is 17.0 Å². The normalized spacial score (nSPS) is 10.1. The Bertz CT molecular complexity index is 716. The van der Waals surface area contributed by atoms with Crippen molar-refractivity contribution in [1.82, 2.24) is 5.32 Å². The number of amides is 2. The van der Waals surface area contributed by atoms with E-state index in [9.17, 15) is 14.0 Å². The molecule has 0 heterocycles. The fourth-order valence-corrected chi connectivity index (χ4v) is 2.18. The highest BCUT2D eigenvalue weighted by molar-refractivity contribution is 5.97. The van der Waals surface area contributed by atoms with Crippen molar-refractivity contribution >= 4 is 17.5 Å². The second-order valence-corrected chi connectivity index (χ2v) is 5.17. The van der Waals surface area contributed by atoms with Gasteiger partial charge in [-0.25, -0.2) is 4.39 Å². The number of hydrogen-bond acceptors (Lipinski definition) is 3. The summed E-state index contributed by atoms with van der Waals surface area (Å²) in [5, 5.41) is 2.62. The van der Waals surface area contributed by atoms with Crippen LogP contribution in [0.2, 0.25) is 0 Å². The first-order valence-corrected chi connectivity index (χ1v) is 7.43. The predicted octanol–water partition coefficient (Wildman–Crippen LogP) is 2.50. The summed E-state index contributed by atoms with van der Waals surface area (Å²) in [6.45, 7) is 1.31. The molecule has 5 nitrogen and oxygen atoms in total. The number of benzene rings is 2. The lowest BCUT2D eigenvalue weighted by Crippen LogP contribution is -2.39. The fourth-order valence-electron chi connectivity index (χ4n) is 2.18. The summed E-state index contributed by atoms with van der Waals surface area (Å²) in [5.41, 5.74) is 0.981. The first-order valence-electron chi connectivity index (χ1n) is 7.43. The van der Waals surface area contributed by atoms with E-state index in [0.717, 1.165) is 0 Å². The van der Waals surface area contributed by atoms with Crippen LogP contribution in [0, 0.1) is 5.82 Å². The number of rotatable bonds is 6. The van der Waals surface area contributed by atoms with Gasteiger partial charge in [0.1, 0.15) is 18.1 Å². The number of halogens is 1. The molecule has 2 aromatic rings.